The highest BCUT2D eigenvalue weighted by molar-refractivity contribution is 5.89. The van der Waals surface area contributed by atoms with Crippen LogP contribution in [0.5, 0.6) is 0 Å². The van der Waals surface area contributed by atoms with E-state index in [-0.39, 0.29) is 12.2 Å². The van der Waals surface area contributed by atoms with Crippen LogP contribution < -0.4 is 5.56 Å². The minimum Gasteiger partial charge on any atom is -0.462 e. The predicted molar refractivity (Wildman–Crippen MR) is 64.0 cm³/mol. The van der Waals surface area contributed by atoms with Gasteiger partial charge in [0.25, 0.3) is 5.56 Å². The average molecular weight is 245 g/mol. The summed E-state index contributed by atoms with van der Waals surface area (Å²) in [5.74, 6) is -0.668. The molecule has 18 heavy (non-hydrogen) atoms. The topological polar surface area (TPSA) is 84.9 Å². The summed E-state index contributed by atoms with van der Waals surface area (Å²) in [6.45, 7) is 1.88. The molecule has 0 aliphatic carbocycles. The summed E-state index contributed by atoms with van der Waals surface area (Å²) in [5.41, 5.74) is 0.332. The van der Waals surface area contributed by atoms with E-state index in [1.807, 2.05) is 0 Å². The van der Waals surface area contributed by atoms with E-state index in [0.717, 1.165) is 0 Å². The molecule has 0 aromatic carbocycles. The number of carbonyl (C=O) groups excluding carboxylic acids is 1. The van der Waals surface area contributed by atoms with Crippen LogP contribution in [0.15, 0.2) is 35.3 Å². The van der Waals surface area contributed by atoms with Crippen LogP contribution in [0.4, 0.5) is 0 Å². The number of rotatable bonds is 3. The molecule has 0 radical (unpaired) electrons. The summed E-state index contributed by atoms with van der Waals surface area (Å²) in [7, 11) is 0. The molecule has 0 amide bonds. The third-order valence-corrected chi connectivity index (χ3v) is 2.23. The summed E-state index contributed by atoms with van der Waals surface area (Å²) in [6, 6.07) is 6.66. The zero-order valence-corrected chi connectivity index (χ0v) is 9.71. The molecule has 0 atom stereocenters. The van der Waals surface area contributed by atoms with Crippen molar-refractivity contribution in [3.05, 3.63) is 46.4 Å². The molecule has 0 saturated heterocycles. The van der Waals surface area contributed by atoms with Crippen LogP contribution in [0.1, 0.15) is 17.3 Å². The van der Waals surface area contributed by atoms with E-state index in [9.17, 15) is 9.59 Å². The molecular weight excluding hydrogens is 234 g/mol. The van der Waals surface area contributed by atoms with Crippen LogP contribution in [0.3, 0.4) is 0 Å². The highest BCUT2D eigenvalue weighted by atomic mass is 16.5. The fraction of sp³-hybridized carbons (Fsp3) is 0.167. The standard InChI is InChI=1S/C12H11N3O3/c1-2-18-12(17)8-7-10(14-15-11(8)16)9-5-3-4-6-13-9/h3-7H,2H2,1H3,(H,15,16). The number of hydrogen-bond acceptors (Lipinski definition) is 5. The molecule has 6 nitrogen and oxygen atoms in total. The third-order valence-electron chi connectivity index (χ3n) is 2.23. The van der Waals surface area contributed by atoms with Crippen molar-refractivity contribution < 1.29 is 9.53 Å². The van der Waals surface area contributed by atoms with Gasteiger partial charge in [0.1, 0.15) is 11.3 Å². The van der Waals surface area contributed by atoms with Crippen LogP contribution >= 0.6 is 0 Å². The van der Waals surface area contributed by atoms with Crippen molar-refractivity contribution in [3.63, 3.8) is 0 Å². The Labute approximate surface area is 103 Å². The van der Waals surface area contributed by atoms with Gasteiger partial charge in [-0.1, -0.05) is 6.07 Å². The molecule has 2 heterocycles. The molecule has 0 saturated carbocycles. The summed E-state index contributed by atoms with van der Waals surface area (Å²) < 4.78 is 4.79. The third kappa shape index (κ3) is 2.42. The highest BCUT2D eigenvalue weighted by Gasteiger charge is 2.14. The average Bonchev–Trinajstić information content (AvgIpc) is 2.40. The number of ether oxygens (including phenoxy) is 1. The van der Waals surface area contributed by atoms with Crippen LogP contribution in [-0.2, 0) is 4.74 Å². The second-order valence-corrected chi connectivity index (χ2v) is 3.43. The lowest BCUT2D eigenvalue weighted by Crippen LogP contribution is -2.21. The lowest BCUT2D eigenvalue weighted by atomic mass is 10.2. The fourth-order valence-electron chi connectivity index (χ4n) is 1.41. The molecule has 0 bridgehead atoms. The van der Waals surface area contributed by atoms with Crippen molar-refractivity contribution in [2.45, 2.75) is 6.92 Å². The molecule has 0 fully saturated rings. The van der Waals surface area contributed by atoms with E-state index < -0.39 is 11.5 Å². The van der Waals surface area contributed by atoms with Gasteiger partial charge in [0.2, 0.25) is 0 Å². The Bertz CT molecular complexity index is 607. The van der Waals surface area contributed by atoms with Crippen LogP contribution in [0.25, 0.3) is 11.4 Å². The molecule has 2 aromatic heterocycles. The van der Waals surface area contributed by atoms with Crippen molar-refractivity contribution in [2.75, 3.05) is 6.61 Å². The Kier molecular flexibility index (Phi) is 3.47. The second-order valence-electron chi connectivity index (χ2n) is 3.43. The number of esters is 1. The maximum Gasteiger partial charge on any atom is 0.343 e. The van der Waals surface area contributed by atoms with Gasteiger partial charge in [-0.3, -0.25) is 9.78 Å². The van der Waals surface area contributed by atoms with Crippen molar-refractivity contribution >= 4 is 5.97 Å². The summed E-state index contributed by atoms with van der Waals surface area (Å²) in [6.07, 6.45) is 1.60. The monoisotopic (exact) mass is 245 g/mol. The first-order valence-corrected chi connectivity index (χ1v) is 5.40. The van der Waals surface area contributed by atoms with Gasteiger partial charge in [-0.05, 0) is 25.1 Å². The number of nitrogens with zero attached hydrogens (tertiary/aromatic N) is 2. The number of hydrogen-bond donors (Lipinski definition) is 1. The van der Waals surface area contributed by atoms with E-state index in [0.29, 0.717) is 11.4 Å². The van der Waals surface area contributed by atoms with E-state index in [1.165, 1.54) is 6.07 Å². The minimum atomic E-state index is -0.668. The number of aromatic amines is 1. The lowest BCUT2D eigenvalue weighted by molar-refractivity contribution is 0.0524. The SMILES string of the molecule is CCOC(=O)c1cc(-c2ccccn2)n[nH]c1=O. The molecule has 0 aliphatic heterocycles. The second kappa shape index (κ2) is 5.22. The Morgan fingerprint density at radius 2 is 2.22 bits per heavy atom. The van der Waals surface area contributed by atoms with Crippen molar-refractivity contribution in [2.24, 2.45) is 0 Å². The highest BCUT2D eigenvalue weighted by Crippen LogP contribution is 2.12. The zero-order chi connectivity index (χ0) is 13.0. The van der Waals surface area contributed by atoms with Gasteiger partial charge in [0.05, 0.1) is 12.3 Å². The molecule has 2 aromatic rings. The number of carbonyl (C=O) groups is 1. The molecule has 6 heteroatoms. The Hall–Kier alpha value is -2.50. The lowest BCUT2D eigenvalue weighted by Gasteiger charge is -2.02. The van der Waals surface area contributed by atoms with Crippen molar-refractivity contribution in [1.82, 2.24) is 15.2 Å². The van der Waals surface area contributed by atoms with Gasteiger partial charge >= 0.3 is 5.97 Å². The molecule has 92 valence electrons. The van der Waals surface area contributed by atoms with E-state index in [4.69, 9.17) is 4.74 Å². The number of pyridine rings is 1. The number of nitrogens with one attached hydrogen (secondary N) is 1. The smallest absolute Gasteiger partial charge is 0.343 e. The Morgan fingerprint density at radius 1 is 1.39 bits per heavy atom. The first kappa shape index (κ1) is 12.0. The largest absolute Gasteiger partial charge is 0.462 e. The molecule has 2 rings (SSSR count). The Morgan fingerprint density at radius 3 is 2.89 bits per heavy atom. The number of H-pyrrole nitrogens is 1. The van der Waals surface area contributed by atoms with E-state index in [2.05, 4.69) is 15.2 Å². The Balaban J connectivity index is 2.44. The summed E-state index contributed by atoms with van der Waals surface area (Å²) >= 11 is 0. The minimum absolute atomic E-state index is 0.0764. The normalized spacial score (nSPS) is 10.1. The van der Waals surface area contributed by atoms with Crippen molar-refractivity contribution in [1.29, 1.82) is 0 Å². The molecule has 0 spiro atoms. The first-order valence-electron chi connectivity index (χ1n) is 5.40. The van der Waals surface area contributed by atoms with Gasteiger partial charge in [0.15, 0.2) is 0 Å². The summed E-state index contributed by atoms with van der Waals surface area (Å²) in [5, 5.41) is 6.10. The quantitative estimate of drug-likeness (QED) is 0.815. The van der Waals surface area contributed by atoms with Gasteiger partial charge < -0.3 is 4.74 Å². The maximum atomic E-state index is 11.6. The molecule has 0 unspecified atom stereocenters. The van der Waals surface area contributed by atoms with E-state index >= 15 is 0 Å². The van der Waals surface area contributed by atoms with Gasteiger partial charge in [-0.2, -0.15) is 5.10 Å². The van der Waals surface area contributed by atoms with Crippen LogP contribution in [0.2, 0.25) is 0 Å². The van der Waals surface area contributed by atoms with Gasteiger partial charge in [-0.25, -0.2) is 9.89 Å². The molecule has 1 N–H and O–H groups in total. The zero-order valence-electron chi connectivity index (χ0n) is 9.71. The maximum absolute atomic E-state index is 11.6. The van der Waals surface area contributed by atoms with E-state index in [1.54, 1.807) is 31.3 Å². The van der Waals surface area contributed by atoms with Gasteiger partial charge in [0, 0.05) is 6.20 Å². The molecule has 0 aliphatic rings. The van der Waals surface area contributed by atoms with Crippen LogP contribution in [0, 0.1) is 0 Å². The van der Waals surface area contributed by atoms with Crippen molar-refractivity contribution in [3.8, 4) is 11.4 Å². The van der Waals surface area contributed by atoms with Crippen LogP contribution in [-0.4, -0.2) is 27.8 Å². The first-order chi connectivity index (χ1) is 8.72. The van der Waals surface area contributed by atoms with Gasteiger partial charge in [-0.15, -0.1) is 0 Å². The molecular formula is C12H11N3O3. The summed E-state index contributed by atoms with van der Waals surface area (Å²) in [4.78, 5) is 27.1. The fourth-order valence-corrected chi connectivity index (χ4v) is 1.41. The predicted octanol–water partition coefficient (Wildman–Crippen LogP) is 1.01. The number of aromatic nitrogens is 3.